The highest BCUT2D eigenvalue weighted by molar-refractivity contribution is 7.91. The number of ether oxygens (including phenoxy) is 1. The summed E-state index contributed by atoms with van der Waals surface area (Å²) in [4.78, 5) is 5.03. The van der Waals surface area contributed by atoms with Crippen molar-refractivity contribution in [3.63, 3.8) is 0 Å². The molecule has 0 bridgehead atoms. The van der Waals surface area contributed by atoms with Crippen LogP contribution in [-0.4, -0.2) is 29.8 Å². The Hall–Kier alpha value is -3.12. The summed E-state index contributed by atoms with van der Waals surface area (Å²) < 4.78 is 33.1. The molecule has 1 aromatic heterocycles. The second-order valence-corrected chi connectivity index (χ2v) is 11.1. The first kappa shape index (κ1) is 21.7. The summed E-state index contributed by atoms with van der Waals surface area (Å²) in [6.45, 7) is 4.68. The summed E-state index contributed by atoms with van der Waals surface area (Å²) in [5.41, 5.74) is 5.10. The van der Waals surface area contributed by atoms with Crippen LogP contribution >= 0.6 is 0 Å². The van der Waals surface area contributed by atoms with Crippen LogP contribution in [0.25, 0.3) is 22.2 Å². The predicted molar refractivity (Wildman–Crippen MR) is 131 cm³/mol. The summed E-state index contributed by atoms with van der Waals surface area (Å²) in [5, 5.41) is 0. The van der Waals surface area contributed by atoms with Crippen molar-refractivity contribution in [2.75, 3.05) is 5.75 Å². The van der Waals surface area contributed by atoms with Gasteiger partial charge >= 0.3 is 0 Å². The van der Waals surface area contributed by atoms with Crippen molar-refractivity contribution in [2.24, 2.45) is 5.92 Å². The van der Waals surface area contributed by atoms with Crippen LogP contribution < -0.4 is 4.74 Å². The van der Waals surface area contributed by atoms with Gasteiger partial charge < -0.3 is 9.30 Å². The molecule has 4 aromatic rings. The molecule has 33 heavy (non-hydrogen) atoms. The Morgan fingerprint density at radius 1 is 1.03 bits per heavy atom. The van der Waals surface area contributed by atoms with Gasteiger partial charge in [0.2, 0.25) is 0 Å². The van der Waals surface area contributed by atoms with Gasteiger partial charge in [-0.05, 0) is 74.1 Å². The third-order valence-electron chi connectivity index (χ3n) is 5.97. The van der Waals surface area contributed by atoms with E-state index in [0.29, 0.717) is 17.4 Å². The van der Waals surface area contributed by atoms with Crippen LogP contribution in [0.15, 0.2) is 78.0 Å². The fraction of sp³-hybridized carbons (Fsp3) is 0.296. The molecular formula is C27H28N2O3S. The highest BCUT2D eigenvalue weighted by atomic mass is 32.2. The Labute approximate surface area is 195 Å². The third-order valence-corrected chi connectivity index (χ3v) is 7.87. The zero-order valence-corrected chi connectivity index (χ0v) is 19.8. The molecule has 1 aliphatic rings. The number of imidazole rings is 1. The molecule has 6 heteroatoms. The molecule has 0 amide bonds. The van der Waals surface area contributed by atoms with Crippen LogP contribution in [0.2, 0.25) is 0 Å². The van der Waals surface area contributed by atoms with Crippen molar-refractivity contribution in [1.29, 1.82) is 0 Å². The molecular weight excluding hydrogens is 432 g/mol. The van der Waals surface area contributed by atoms with Crippen LogP contribution in [0.1, 0.15) is 32.3 Å². The lowest BCUT2D eigenvalue weighted by Crippen LogP contribution is -2.08. The average molecular weight is 461 g/mol. The second-order valence-electron chi connectivity index (χ2n) is 9.11. The Morgan fingerprint density at radius 3 is 2.52 bits per heavy atom. The summed E-state index contributed by atoms with van der Waals surface area (Å²) in [6, 6.07) is 21.6. The largest absolute Gasteiger partial charge is 0.490 e. The average Bonchev–Trinajstić information content (AvgIpc) is 3.51. The standard InChI is InChI=1S/C27H28N2O3S/c1-19(2)32-27-6-4-3-5-24(27)22-11-14-26-25(15-22)28-18-29(26)16-20-9-12-23(13-10-20)33(30,31)17-21-7-8-21/h3-6,9-15,18-19,21H,7-8,16-17H2,1-2H3. The first-order valence-corrected chi connectivity index (χ1v) is 13.1. The first-order valence-electron chi connectivity index (χ1n) is 11.4. The van der Waals surface area contributed by atoms with Gasteiger partial charge in [0.05, 0.1) is 34.1 Å². The van der Waals surface area contributed by atoms with Crippen LogP contribution in [0.4, 0.5) is 0 Å². The number of hydrogen-bond acceptors (Lipinski definition) is 4. The lowest BCUT2D eigenvalue weighted by atomic mass is 10.0. The fourth-order valence-corrected chi connectivity index (χ4v) is 5.81. The summed E-state index contributed by atoms with van der Waals surface area (Å²) in [6.07, 6.45) is 4.00. The minimum atomic E-state index is -3.18. The van der Waals surface area contributed by atoms with E-state index in [9.17, 15) is 8.42 Å². The Bertz CT molecular complexity index is 1380. The van der Waals surface area contributed by atoms with Gasteiger partial charge in [0.1, 0.15) is 5.75 Å². The topological polar surface area (TPSA) is 61.2 Å². The minimum absolute atomic E-state index is 0.101. The van der Waals surface area contributed by atoms with E-state index in [4.69, 9.17) is 4.74 Å². The number of sulfone groups is 1. The van der Waals surface area contributed by atoms with Crippen LogP contribution in [0, 0.1) is 5.92 Å². The lowest BCUT2D eigenvalue weighted by molar-refractivity contribution is 0.243. The van der Waals surface area contributed by atoms with E-state index in [1.165, 1.54) is 0 Å². The molecule has 5 rings (SSSR count). The molecule has 170 valence electrons. The van der Waals surface area contributed by atoms with Crippen molar-refractivity contribution in [3.05, 3.63) is 78.6 Å². The van der Waals surface area contributed by atoms with Gasteiger partial charge in [0, 0.05) is 12.1 Å². The number of benzene rings is 3. The van der Waals surface area contributed by atoms with E-state index in [1.807, 2.05) is 50.5 Å². The molecule has 1 saturated carbocycles. The number of nitrogens with zero attached hydrogens (tertiary/aromatic N) is 2. The second kappa shape index (κ2) is 8.67. The van der Waals surface area contributed by atoms with Crippen LogP contribution in [-0.2, 0) is 16.4 Å². The van der Waals surface area contributed by atoms with Gasteiger partial charge in [0.15, 0.2) is 9.84 Å². The zero-order chi connectivity index (χ0) is 23.0. The highest BCUT2D eigenvalue weighted by Crippen LogP contribution is 2.33. The maximum atomic E-state index is 12.5. The molecule has 0 radical (unpaired) electrons. The first-order chi connectivity index (χ1) is 15.9. The molecule has 5 nitrogen and oxygen atoms in total. The molecule has 3 aromatic carbocycles. The van der Waals surface area contributed by atoms with Gasteiger partial charge in [-0.1, -0.05) is 36.4 Å². The zero-order valence-electron chi connectivity index (χ0n) is 18.9. The Kier molecular flexibility index (Phi) is 5.71. The van der Waals surface area contributed by atoms with E-state index in [0.717, 1.165) is 46.3 Å². The van der Waals surface area contributed by atoms with Gasteiger partial charge in [-0.3, -0.25) is 0 Å². The van der Waals surface area contributed by atoms with Crippen molar-refractivity contribution >= 4 is 20.9 Å². The van der Waals surface area contributed by atoms with Gasteiger partial charge in [-0.2, -0.15) is 0 Å². The van der Waals surface area contributed by atoms with Crippen molar-refractivity contribution in [1.82, 2.24) is 9.55 Å². The van der Waals surface area contributed by atoms with E-state index in [1.54, 1.807) is 12.1 Å². The van der Waals surface area contributed by atoms with Crippen molar-refractivity contribution in [2.45, 2.75) is 44.2 Å². The maximum absolute atomic E-state index is 12.5. The molecule has 1 heterocycles. The quantitative estimate of drug-likeness (QED) is 0.337. The van der Waals surface area contributed by atoms with Gasteiger partial charge in [-0.15, -0.1) is 0 Å². The summed E-state index contributed by atoms with van der Waals surface area (Å²) in [7, 11) is -3.18. The molecule has 1 aliphatic carbocycles. The van der Waals surface area contributed by atoms with Crippen molar-refractivity contribution < 1.29 is 13.2 Å². The van der Waals surface area contributed by atoms with E-state index in [-0.39, 0.29) is 11.9 Å². The Balaban J connectivity index is 1.38. The molecule has 0 aliphatic heterocycles. The van der Waals surface area contributed by atoms with Gasteiger partial charge in [0.25, 0.3) is 0 Å². The molecule has 0 saturated heterocycles. The normalized spacial score (nSPS) is 14.2. The number of aromatic nitrogens is 2. The number of para-hydroxylation sites is 1. The van der Waals surface area contributed by atoms with E-state index in [2.05, 4.69) is 33.8 Å². The van der Waals surface area contributed by atoms with Gasteiger partial charge in [-0.25, -0.2) is 13.4 Å². The third kappa shape index (κ3) is 4.81. The molecule has 0 atom stereocenters. The number of fused-ring (bicyclic) bond motifs is 1. The van der Waals surface area contributed by atoms with Crippen LogP contribution in [0.5, 0.6) is 5.75 Å². The molecule has 0 unspecified atom stereocenters. The van der Waals surface area contributed by atoms with E-state index < -0.39 is 9.84 Å². The maximum Gasteiger partial charge on any atom is 0.178 e. The number of hydrogen-bond donors (Lipinski definition) is 0. The van der Waals surface area contributed by atoms with E-state index >= 15 is 0 Å². The lowest BCUT2D eigenvalue weighted by Gasteiger charge is -2.14. The monoisotopic (exact) mass is 460 g/mol. The molecule has 1 fully saturated rings. The SMILES string of the molecule is CC(C)Oc1ccccc1-c1ccc2c(c1)ncn2Cc1ccc(S(=O)(=O)CC2CC2)cc1. The highest BCUT2D eigenvalue weighted by Gasteiger charge is 2.28. The molecule has 0 spiro atoms. The number of rotatable bonds is 8. The van der Waals surface area contributed by atoms with Crippen LogP contribution in [0.3, 0.4) is 0 Å². The predicted octanol–water partition coefficient (Wildman–Crippen LogP) is 5.72. The fourth-order valence-electron chi connectivity index (χ4n) is 4.11. The van der Waals surface area contributed by atoms with Crippen molar-refractivity contribution in [3.8, 4) is 16.9 Å². The smallest absolute Gasteiger partial charge is 0.178 e. The Morgan fingerprint density at radius 2 is 1.79 bits per heavy atom. The summed E-state index contributed by atoms with van der Waals surface area (Å²) >= 11 is 0. The minimum Gasteiger partial charge on any atom is -0.490 e. The molecule has 0 N–H and O–H groups in total. The summed E-state index contributed by atoms with van der Waals surface area (Å²) in [5.74, 6) is 1.48.